The number of hydrogen-bond donors (Lipinski definition) is 1. The molecule has 1 amide bonds. The lowest BCUT2D eigenvalue weighted by Crippen LogP contribution is -2.27. The summed E-state index contributed by atoms with van der Waals surface area (Å²) in [6.45, 7) is 6.69. The number of amides is 1. The molecule has 0 saturated carbocycles. The fraction of sp³-hybridized carbons (Fsp3) is 0.333. The summed E-state index contributed by atoms with van der Waals surface area (Å²) in [5.74, 6) is -0.595. The molecule has 0 radical (unpaired) electrons. The van der Waals surface area contributed by atoms with Gasteiger partial charge in [0.25, 0.3) is 11.5 Å². The Labute approximate surface area is 232 Å². The molecule has 0 aliphatic carbocycles. The number of aromatic nitrogens is 2. The van der Waals surface area contributed by atoms with Gasteiger partial charge in [-0.2, -0.15) is 10.1 Å². The molecule has 1 aromatic carbocycles. The minimum absolute atomic E-state index is 0.137. The molecule has 1 aliphatic rings. The Hall–Kier alpha value is -3.61. The molecule has 0 unspecified atom stereocenters. The van der Waals surface area contributed by atoms with Gasteiger partial charge in [0, 0.05) is 13.1 Å². The topological polar surface area (TPSA) is 137 Å². The Morgan fingerprint density at radius 1 is 1.00 bits per heavy atom. The number of nitrogens with zero attached hydrogens (tertiary/aromatic N) is 4. The highest BCUT2D eigenvalue weighted by Crippen LogP contribution is 2.25. The molecule has 1 aromatic heterocycles. The van der Waals surface area contributed by atoms with Crippen molar-refractivity contribution in [2.75, 3.05) is 5.01 Å². The van der Waals surface area contributed by atoms with Crippen LogP contribution in [0.1, 0.15) is 52.0 Å². The molecule has 0 fully saturated rings. The van der Waals surface area contributed by atoms with E-state index in [1.165, 1.54) is 22.8 Å². The molecule has 1 N–H and O–H groups in total. The number of carbonyl (C=O) groups excluding carboxylic acids is 1. The molecular formula is C27H31N4O6S2-. The van der Waals surface area contributed by atoms with Crippen LogP contribution in [0.5, 0.6) is 5.88 Å². The fourth-order valence-corrected chi connectivity index (χ4v) is 4.71. The third-order valence-electron chi connectivity index (χ3n) is 6.09. The number of allylic oxidation sites excluding steroid dienone is 4. The number of carbonyl (C=O) groups is 1. The quantitative estimate of drug-likeness (QED) is 0.181. The second-order valence-corrected chi connectivity index (χ2v) is 10.7. The summed E-state index contributed by atoms with van der Waals surface area (Å²) in [6.07, 6.45) is 11.3. The van der Waals surface area contributed by atoms with Crippen LogP contribution >= 0.6 is 12.2 Å². The first-order valence-corrected chi connectivity index (χ1v) is 14.4. The zero-order valence-corrected chi connectivity index (χ0v) is 23.7. The van der Waals surface area contributed by atoms with Crippen molar-refractivity contribution >= 4 is 45.7 Å². The second kappa shape index (κ2) is 13.0. The smallest absolute Gasteiger partial charge is 0.280 e. The predicted molar refractivity (Wildman–Crippen MR) is 152 cm³/mol. The number of benzene rings is 1. The Morgan fingerprint density at radius 3 is 2.21 bits per heavy atom. The van der Waals surface area contributed by atoms with Gasteiger partial charge in [-0.05, 0) is 68.4 Å². The van der Waals surface area contributed by atoms with E-state index in [4.69, 9.17) is 12.2 Å². The largest absolute Gasteiger partial charge is 0.744 e. The normalized spacial score (nSPS) is 15.3. The van der Waals surface area contributed by atoms with Gasteiger partial charge < -0.3 is 9.66 Å². The highest BCUT2D eigenvalue weighted by atomic mass is 32.2. The molecule has 2 heterocycles. The van der Waals surface area contributed by atoms with Crippen LogP contribution in [0, 0.1) is 4.77 Å². The van der Waals surface area contributed by atoms with Crippen molar-refractivity contribution in [3.8, 4) is 5.88 Å². The van der Waals surface area contributed by atoms with E-state index in [0.29, 0.717) is 34.8 Å². The van der Waals surface area contributed by atoms with Crippen molar-refractivity contribution < 1.29 is 22.9 Å². The fourth-order valence-electron chi connectivity index (χ4n) is 3.89. The van der Waals surface area contributed by atoms with Crippen LogP contribution in [0.25, 0.3) is 6.08 Å². The Balaban J connectivity index is 1.83. The first-order valence-electron chi connectivity index (χ1n) is 12.6. The van der Waals surface area contributed by atoms with Crippen molar-refractivity contribution in [2.45, 2.75) is 64.4 Å². The van der Waals surface area contributed by atoms with Gasteiger partial charge in [0.05, 0.1) is 21.9 Å². The van der Waals surface area contributed by atoms with Crippen LogP contribution in [0.15, 0.2) is 68.9 Å². The maximum absolute atomic E-state index is 13.1. The van der Waals surface area contributed by atoms with Gasteiger partial charge in [-0.25, -0.2) is 8.42 Å². The first kappa shape index (κ1) is 29.9. The molecule has 3 rings (SSSR count). The first-order chi connectivity index (χ1) is 18.5. The molecule has 12 heteroatoms. The molecule has 0 saturated heterocycles. The summed E-state index contributed by atoms with van der Waals surface area (Å²) in [7, 11) is -4.60. The predicted octanol–water partition coefficient (Wildman–Crippen LogP) is 4.51. The molecule has 0 atom stereocenters. The van der Waals surface area contributed by atoms with Gasteiger partial charge in [0.2, 0.25) is 5.88 Å². The lowest BCUT2D eigenvalue weighted by molar-refractivity contribution is -0.114. The highest BCUT2D eigenvalue weighted by Gasteiger charge is 2.28. The molecule has 39 heavy (non-hydrogen) atoms. The van der Waals surface area contributed by atoms with Crippen molar-refractivity contribution in [2.24, 2.45) is 5.10 Å². The number of hydrazone groups is 1. The number of unbranched alkanes of at least 4 members (excludes halogenated alkanes) is 2. The van der Waals surface area contributed by atoms with Crippen molar-refractivity contribution in [1.82, 2.24) is 9.13 Å². The average molecular weight is 572 g/mol. The van der Waals surface area contributed by atoms with Crippen molar-refractivity contribution in [1.29, 1.82) is 0 Å². The molecule has 1 aliphatic heterocycles. The summed E-state index contributed by atoms with van der Waals surface area (Å²) >= 11 is 5.49. The lowest BCUT2D eigenvalue weighted by Gasteiger charge is -2.16. The van der Waals surface area contributed by atoms with Gasteiger partial charge >= 0.3 is 0 Å². The number of anilines is 1. The van der Waals surface area contributed by atoms with E-state index >= 15 is 0 Å². The van der Waals surface area contributed by atoms with E-state index in [-0.39, 0.29) is 17.0 Å². The molecule has 0 bridgehead atoms. The molecule has 0 spiro atoms. The van der Waals surface area contributed by atoms with Crippen LogP contribution in [0.2, 0.25) is 0 Å². The zero-order chi connectivity index (χ0) is 28.7. The van der Waals surface area contributed by atoms with Gasteiger partial charge in [0.1, 0.15) is 15.7 Å². The van der Waals surface area contributed by atoms with E-state index in [9.17, 15) is 27.7 Å². The molecule has 10 nitrogen and oxygen atoms in total. The summed E-state index contributed by atoms with van der Waals surface area (Å²) < 4.78 is 36.8. The van der Waals surface area contributed by atoms with Gasteiger partial charge in [-0.1, -0.05) is 44.9 Å². The van der Waals surface area contributed by atoms with Gasteiger partial charge in [-0.3, -0.25) is 18.7 Å². The second-order valence-electron chi connectivity index (χ2n) is 8.91. The van der Waals surface area contributed by atoms with Crippen molar-refractivity contribution in [3.05, 3.63) is 74.8 Å². The van der Waals surface area contributed by atoms with E-state index < -0.39 is 20.9 Å². The number of aromatic hydroxyl groups is 1. The Kier molecular flexibility index (Phi) is 9.95. The number of rotatable bonds is 11. The third kappa shape index (κ3) is 6.88. The average Bonchev–Trinajstić information content (AvgIpc) is 3.18. The monoisotopic (exact) mass is 571 g/mol. The minimum Gasteiger partial charge on any atom is -0.744 e. The van der Waals surface area contributed by atoms with E-state index in [1.807, 2.05) is 13.8 Å². The summed E-state index contributed by atoms with van der Waals surface area (Å²) in [4.78, 5) is 25.5. The van der Waals surface area contributed by atoms with Gasteiger partial charge in [0.15, 0.2) is 4.77 Å². The van der Waals surface area contributed by atoms with E-state index in [1.54, 1.807) is 35.8 Å². The van der Waals surface area contributed by atoms with Crippen LogP contribution in [0.4, 0.5) is 5.69 Å². The summed E-state index contributed by atoms with van der Waals surface area (Å²) in [5.41, 5.74) is 0.858. The lowest BCUT2D eigenvalue weighted by atomic mass is 10.1. The molecular weight excluding hydrogens is 540 g/mol. The number of hydrogen-bond acceptors (Lipinski definition) is 8. The third-order valence-corrected chi connectivity index (χ3v) is 7.38. The maximum atomic E-state index is 13.1. The maximum Gasteiger partial charge on any atom is 0.280 e. The van der Waals surface area contributed by atoms with Crippen LogP contribution < -0.4 is 10.6 Å². The SMILES string of the molecule is CCCCn1c(O)c(C=CC=CC=C2C(=O)N(c3ccc(S(=O)(=O)[O-])cc3)N=C2C)c(=O)n(CCCC)c1=S. The highest BCUT2D eigenvalue weighted by molar-refractivity contribution is 7.85. The van der Waals surface area contributed by atoms with Crippen molar-refractivity contribution in [3.63, 3.8) is 0 Å². The van der Waals surface area contributed by atoms with Gasteiger partial charge in [-0.15, -0.1) is 0 Å². The van der Waals surface area contributed by atoms with Crippen LogP contribution in [-0.2, 0) is 28.0 Å². The van der Waals surface area contributed by atoms with Crippen LogP contribution in [0.3, 0.4) is 0 Å². The summed E-state index contributed by atoms with van der Waals surface area (Å²) in [6, 6.07) is 4.92. The van der Waals surface area contributed by atoms with E-state index in [2.05, 4.69) is 5.10 Å². The van der Waals surface area contributed by atoms with Crippen LogP contribution in [-0.4, -0.2) is 38.8 Å². The Bertz CT molecular complexity index is 1580. The summed E-state index contributed by atoms with van der Waals surface area (Å²) in [5, 5.41) is 16.1. The molecule has 208 valence electrons. The minimum atomic E-state index is -4.60. The standard InChI is InChI=1S/C27H32N4O6S2/c1-4-6-17-29-24(32)23(25(33)30(27(29)38)18-7-5-2)12-10-8-9-11-22-19(3)28-31(26(22)34)20-13-15-21(16-14-20)39(35,36)37/h8-16,32H,4-7,17-18H2,1-3H3,(H,35,36,37)/p-1. The Morgan fingerprint density at radius 2 is 1.62 bits per heavy atom. The van der Waals surface area contributed by atoms with E-state index in [0.717, 1.165) is 42.8 Å². The zero-order valence-electron chi connectivity index (χ0n) is 22.0. The molecule has 2 aromatic rings.